The molecule has 1 aliphatic heterocycles. The smallest absolute Gasteiger partial charge is 0.224 e. The van der Waals surface area contributed by atoms with Crippen LogP contribution in [0.2, 0.25) is 0 Å². The number of carbonyl (C=O) groups excluding carboxylic acids is 1. The van der Waals surface area contributed by atoms with Crippen molar-refractivity contribution in [2.24, 2.45) is 0 Å². The summed E-state index contributed by atoms with van der Waals surface area (Å²) in [4.78, 5) is 13.6. The molecule has 0 saturated carbocycles. The van der Waals surface area contributed by atoms with Gasteiger partial charge in [0.2, 0.25) is 5.91 Å². The molecule has 1 amide bonds. The fraction of sp³-hybridized carbons (Fsp3) is 0.909. The van der Waals surface area contributed by atoms with Crippen LogP contribution in [0.25, 0.3) is 0 Å². The van der Waals surface area contributed by atoms with Crippen molar-refractivity contribution in [1.82, 2.24) is 10.2 Å². The van der Waals surface area contributed by atoms with E-state index in [1.54, 1.807) is 0 Å². The third-order valence-corrected chi connectivity index (χ3v) is 2.74. The predicted octanol–water partition coefficient (Wildman–Crippen LogP) is 1.04. The molecule has 0 radical (unpaired) electrons. The number of hydrogen-bond acceptors (Lipinski definition) is 3. The highest BCUT2D eigenvalue weighted by molar-refractivity contribution is 5.85. The van der Waals surface area contributed by atoms with Crippen LogP contribution < -0.4 is 5.32 Å². The number of rotatable bonds is 5. The Morgan fingerprint density at radius 2 is 2.25 bits per heavy atom. The van der Waals surface area contributed by atoms with E-state index in [0.717, 1.165) is 19.5 Å². The number of halogens is 1. The Morgan fingerprint density at radius 1 is 1.56 bits per heavy atom. The van der Waals surface area contributed by atoms with Gasteiger partial charge in [-0.25, -0.2) is 0 Å². The monoisotopic (exact) mass is 250 g/mol. The van der Waals surface area contributed by atoms with Gasteiger partial charge in [0, 0.05) is 19.6 Å². The molecule has 4 nitrogen and oxygen atoms in total. The van der Waals surface area contributed by atoms with Gasteiger partial charge in [-0.15, -0.1) is 12.4 Å². The first-order valence-corrected chi connectivity index (χ1v) is 5.69. The number of hydrogen-bond donors (Lipinski definition) is 1. The topological polar surface area (TPSA) is 41.6 Å². The third kappa shape index (κ3) is 5.14. The zero-order valence-corrected chi connectivity index (χ0v) is 11.2. The largest absolute Gasteiger partial charge is 0.378 e. The minimum Gasteiger partial charge on any atom is -0.378 e. The zero-order chi connectivity index (χ0) is 11.3. The normalized spacial score (nSPS) is 19.6. The summed E-state index contributed by atoms with van der Waals surface area (Å²) in [5.74, 6) is 0.185. The highest BCUT2D eigenvalue weighted by Crippen LogP contribution is 2.07. The van der Waals surface area contributed by atoms with Crippen LogP contribution in [0.3, 0.4) is 0 Å². The number of nitrogens with zero attached hydrogens (tertiary/aromatic N) is 1. The molecule has 1 fully saturated rings. The van der Waals surface area contributed by atoms with Gasteiger partial charge < -0.3 is 15.0 Å². The first-order valence-electron chi connectivity index (χ1n) is 5.69. The number of ether oxygens (including phenoxy) is 1. The summed E-state index contributed by atoms with van der Waals surface area (Å²) in [5.41, 5.74) is 0. The average molecular weight is 251 g/mol. The molecule has 1 rings (SSSR count). The van der Waals surface area contributed by atoms with Gasteiger partial charge in [-0.1, -0.05) is 0 Å². The zero-order valence-electron chi connectivity index (χ0n) is 10.4. The Hall–Kier alpha value is -0.320. The Morgan fingerprint density at radius 3 is 2.75 bits per heavy atom. The van der Waals surface area contributed by atoms with Gasteiger partial charge in [-0.05, 0) is 26.8 Å². The molecule has 96 valence electrons. The molecule has 0 aromatic carbocycles. The quantitative estimate of drug-likeness (QED) is 0.793. The number of nitrogens with one attached hydrogen (secondary N) is 1. The van der Waals surface area contributed by atoms with Crippen LogP contribution in [0.5, 0.6) is 0 Å². The van der Waals surface area contributed by atoms with E-state index < -0.39 is 0 Å². The lowest BCUT2D eigenvalue weighted by Gasteiger charge is -2.23. The second-order valence-electron chi connectivity index (χ2n) is 4.32. The van der Waals surface area contributed by atoms with Crippen LogP contribution in [0, 0.1) is 0 Å². The van der Waals surface area contributed by atoms with Crippen molar-refractivity contribution in [1.29, 1.82) is 0 Å². The lowest BCUT2D eigenvalue weighted by molar-refractivity contribution is -0.133. The summed E-state index contributed by atoms with van der Waals surface area (Å²) in [5, 5.41) is 3.26. The van der Waals surface area contributed by atoms with Gasteiger partial charge >= 0.3 is 0 Å². The van der Waals surface area contributed by atoms with E-state index in [-0.39, 0.29) is 24.4 Å². The van der Waals surface area contributed by atoms with E-state index in [0.29, 0.717) is 19.1 Å². The van der Waals surface area contributed by atoms with Crippen LogP contribution in [-0.2, 0) is 9.53 Å². The maximum Gasteiger partial charge on any atom is 0.224 e. The molecule has 0 bridgehead atoms. The molecule has 0 aromatic rings. The number of likely N-dealkylation sites (N-methyl/N-ethyl adjacent to an activating group) is 1. The molecule has 0 aliphatic carbocycles. The van der Waals surface area contributed by atoms with E-state index in [1.807, 2.05) is 25.8 Å². The van der Waals surface area contributed by atoms with Crippen molar-refractivity contribution in [2.45, 2.75) is 38.8 Å². The van der Waals surface area contributed by atoms with E-state index in [2.05, 4.69) is 5.32 Å². The predicted molar refractivity (Wildman–Crippen MR) is 67.0 cm³/mol. The molecule has 1 heterocycles. The van der Waals surface area contributed by atoms with Crippen LogP contribution in [0.1, 0.15) is 26.7 Å². The highest BCUT2D eigenvalue weighted by Gasteiger charge is 2.22. The van der Waals surface area contributed by atoms with Crippen LogP contribution in [-0.4, -0.2) is 49.7 Å². The fourth-order valence-electron chi connectivity index (χ4n) is 1.73. The molecule has 0 spiro atoms. The minimum atomic E-state index is 0. The molecule has 1 saturated heterocycles. The van der Waals surface area contributed by atoms with Gasteiger partial charge in [-0.3, -0.25) is 4.79 Å². The van der Waals surface area contributed by atoms with Crippen LogP contribution >= 0.6 is 12.4 Å². The molecular formula is C11H23ClN2O2. The van der Waals surface area contributed by atoms with Gasteiger partial charge in [0.25, 0.3) is 0 Å². The summed E-state index contributed by atoms with van der Waals surface area (Å²) >= 11 is 0. The molecule has 16 heavy (non-hydrogen) atoms. The van der Waals surface area contributed by atoms with E-state index in [4.69, 9.17) is 4.74 Å². The Labute approximate surface area is 104 Å². The maximum atomic E-state index is 11.7. The lowest BCUT2D eigenvalue weighted by Crippen LogP contribution is -2.38. The Bertz CT molecular complexity index is 206. The first-order chi connectivity index (χ1) is 7.11. The molecule has 1 aliphatic rings. The van der Waals surface area contributed by atoms with Crippen molar-refractivity contribution in [3.05, 3.63) is 0 Å². The van der Waals surface area contributed by atoms with E-state index in [9.17, 15) is 4.79 Å². The first kappa shape index (κ1) is 15.7. The van der Waals surface area contributed by atoms with Crippen LogP contribution in [0.4, 0.5) is 0 Å². The molecule has 5 heteroatoms. The molecule has 1 unspecified atom stereocenters. The summed E-state index contributed by atoms with van der Waals surface area (Å²) in [6.45, 7) is 6.43. The van der Waals surface area contributed by atoms with Crippen molar-refractivity contribution in [3.63, 3.8) is 0 Å². The van der Waals surface area contributed by atoms with Crippen molar-refractivity contribution in [3.8, 4) is 0 Å². The van der Waals surface area contributed by atoms with Crippen molar-refractivity contribution < 1.29 is 9.53 Å². The number of carbonyl (C=O) groups is 1. The van der Waals surface area contributed by atoms with E-state index in [1.165, 1.54) is 0 Å². The third-order valence-electron chi connectivity index (χ3n) is 2.74. The summed E-state index contributed by atoms with van der Waals surface area (Å²) < 4.78 is 5.36. The second-order valence-corrected chi connectivity index (χ2v) is 4.32. The molecular weight excluding hydrogens is 228 g/mol. The highest BCUT2D eigenvalue weighted by atomic mass is 35.5. The maximum absolute atomic E-state index is 11.7. The molecule has 0 aromatic heterocycles. The summed E-state index contributed by atoms with van der Waals surface area (Å²) in [6.07, 6.45) is 1.76. The van der Waals surface area contributed by atoms with Gasteiger partial charge in [0.05, 0.1) is 19.1 Å². The van der Waals surface area contributed by atoms with Gasteiger partial charge in [0.15, 0.2) is 0 Å². The fourth-order valence-corrected chi connectivity index (χ4v) is 1.73. The Kier molecular flexibility index (Phi) is 7.72. The molecule has 1 N–H and O–H groups in total. The molecule has 1 atom stereocenters. The summed E-state index contributed by atoms with van der Waals surface area (Å²) in [6, 6.07) is 0.372. The second kappa shape index (κ2) is 7.87. The standard InChI is InChI=1S/C11H22N2O2.ClH/c1-9(2)15-7-5-11(14)13(3)10-4-6-12-8-10;/h9-10,12H,4-8H2,1-3H3;1H. The van der Waals surface area contributed by atoms with Crippen molar-refractivity contribution in [2.75, 3.05) is 26.7 Å². The summed E-state index contributed by atoms with van der Waals surface area (Å²) in [7, 11) is 1.88. The minimum absolute atomic E-state index is 0. The van der Waals surface area contributed by atoms with Gasteiger partial charge in [0.1, 0.15) is 0 Å². The average Bonchev–Trinajstić information content (AvgIpc) is 2.68. The Balaban J connectivity index is 0.00000225. The van der Waals surface area contributed by atoms with E-state index >= 15 is 0 Å². The SMILES string of the molecule is CC(C)OCCC(=O)N(C)C1CCNC1.Cl. The van der Waals surface area contributed by atoms with Crippen LogP contribution in [0.15, 0.2) is 0 Å². The van der Waals surface area contributed by atoms with Gasteiger partial charge in [-0.2, -0.15) is 0 Å². The van der Waals surface area contributed by atoms with Crippen molar-refractivity contribution >= 4 is 18.3 Å². The lowest BCUT2D eigenvalue weighted by atomic mass is 10.2. The number of amides is 1.